The normalized spacial score (nSPS) is 16.2. The van der Waals surface area contributed by atoms with Crippen molar-refractivity contribution in [1.29, 1.82) is 0 Å². The Morgan fingerprint density at radius 2 is 1.86 bits per heavy atom. The molecule has 3 heterocycles. The lowest BCUT2D eigenvalue weighted by Crippen LogP contribution is -2.20. The molecule has 4 nitrogen and oxygen atoms in total. The van der Waals surface area contributed by atoms with Crippen LogP contribution in [0.2, 0.25) is 0 Å². The zero-order chi connectivity index (χ0) is 14.9. The molecule has 2 aromatic heterocycles. The fourth-order valence-corrected chi connectivity index (χ4v) is 3.01. The third-order valence-corrected chi connectivity index (χ3v) is 4.16. The molecular formula is C17H16FN3O. The van der Waals surface area contributed by atoms with E-state index in [9.17, 15) is 4.39 Å². The summed E-state index contributed by atoms with van der Waals surface area (Å²) < 4.78 is 20.7. The minimum Gasteiger partial charge on any atom is -0.381 e. The lowest BCUT2D eigenvalue weighted by Gasteiger charge is -2.23. The van der Waals surface area contributed by atoms with Crippen molar-refractivity contribution in [2.45, 2.75) is 18.9 Å². The van der Waals surface area contributed by atoms with Crippen molar-refractivity contribution in [3.63, 3.8) is 0 Å². The summed E-state index contributed by atoms with van der Waals surface area (Å²) in [6.07, 6.45) is 5.54. The summed E-state index contributed by atoms with van der Waals surface area (Å²) >= 11 is 0. The second-order valence-corrected chi connectivity index (χ2v) is 5.54. The number of rotatable bonds is 2. The summed E-state index contributed by atoms with van der Waals surface area (Å²) in [4.78, 5) is 4.22. The lowest BCUT2D eigenvalue weighted by molar-refractivity contribution is 0.0675. The van der Waals surface area contributed by atoms with Crippen molar-refractivity contribution in [3.8, 4) is 11.3 Å². The largest absolute Gasteiger partial charge is 0.381 e. The highest BCUT2D eigenvalue weighted by Crippen LogP contribution is 2.31. The third-order valence-electron chi connectivity index (χ3n) is 4.16. The number of pyridine rings is 1. The average Bonchev–Trinajstić information content (AvgIpc) is 2.96. The maximum atomic E-state index is 13.2. The zero-order valence-corrected chi connectivity index (χ0v) is 12.1. The summed E-state index contributed by atoms with van der Waals surface area (Å²) in [5.74, 6) is -0.241. The summed E-state index contributed by atoms with van der Waals surface area (Å²) in [5.41, 5.74) is 2.83. The molecule has 0 bridgehead atoms. The molecule has 112 valence electrons. The standard InChI is InChI=1S/C17H16FN3O/c18-13-3-1-12(2-4-13)17-15-11-19-8-5-16(15)21(20-17)14-6-9-22-10-7-14/h1-5,8,11,14H,6-7,9-10H2. The van der Waals surface area contributed by atoms with Crippen molar-refractivity contribution >= 4 is 10.9 Å². The maximum Gasteiger partial charge on any atom is 0.123 e. The van der Waals surface area contributed by atoms with Gasteiger partial charge in [0.25, 0.3) is 0 Å². The van der Waals surface area contributed by atoms with Crippen molar-refractivity contribution in [2.75, 3.05) is 13.2 Å². The van der Waals surface area contributed by atoms with Crippen LogP contribution in [-0.2, 0) is 4.74 Å². The predicted molar refractivity (Wildman–Crippen MR) is 82.0 cm³/mol. The molecule has 1 saturated heterocycles. The van der Waals surface area contributed by atoms with Crippen LogP contribution in [0.5, 0.6) is 0 Å². The fraction of sp³-hybridized carbons (Fsp3) is 0.294. The van der Waals surface area contributed by atoms with E-state index >= 15 is 0 Å². The highest BCUT2D eigenvalue weighted by atomic mass is 19.1. The van der Waals surface area contributed by atoms with Crippen LogP contribution in [-0.4, -0.2) is 28.0 Å². The third kappa shape index (κ3) is 2.27. The minimum atomic E-state index is -0.241. The van der Waals surface area contributed by atoms with E-state index in [-0.39, 0.29) is 5.82 Å². The highest BCUT2D eigenvalue weighted by Gasteiger charge is 2.21. The molecule has 0 radical (unpaired) electrons. The van der Waals surface area contributed by atoms with Crippen LogP contribution in [0.15, 0.2) is 42.7 Å². The first-order valence-corrected chi connectivity index (χ1v) is 7.49. The van der Waals surface area contributed by atoms with Crippen LogP contribution in [0.25, 0.3) is 22.2 Å². The Hall–Kier alpha value is -2.27. The number of hydrogen-bond donors (Lipinski definition) is 0. The number of fused-ring (bicyclic) bond motifs is 1. The Balaban J connectivity index is 1.86. The second-order valence-electron chi connectivity index (χ2n) is 5.54. The van der Waals surface area contributed by atoms with E-state index in [2.05, 4.69) is 9.67 Å². The van der Waals surface area contributed by atoms with Gasteiger partial charge in [-0.3, -0.25) is 9.67 Å². The van der Waals surface area contributed by atoms with E-state index in [1.807, 2.05) is 12.3 Å². The first kappa shape index (κ1) is 13.4. The topological polar surface area (TPSA) is 39.9 Å². The fourth-order valence-electron chi connectivity index (χ4n) is 3.01. The lowest BCUT2D eigenvalue weighted by atomic mass is 10.1. The minimum absolute atomic E-state index is 0.241. The van der Waals surface area contributed by atoms with Gasteiger partial charge in [0.15, 0.2) is 0 Å². The number of nitrogens with zero attached hydrogens (tertiary/aromatic N) is 3. The Kier molecular flexibility index (Phi) is 3.35. The first-order chi connectivity index (χ1) is 10.8. The molecule has 0 N–H and O–H groups in total. The smallest absolute Gasteiger partial charge is 0.123 e. The van der Waals surface area contributed by atoms with Gasteiger partial charge in [0, 0.05) is 36.6 Å². The number of ether oxygens (including phenoxy) is 1. The second kappa shape index (κ2) is 5.50. The van der Waals surface area contributed by atoms with Crippen LogP contribution in [0.1, 0.15) is 18.9 Å². The molecule has 0 unspecified atom stereocenters. The Bertz CT molecular complexity index is 791. The van der Waals surface area contributed by atoms with Gasteiger partial charge in [-0.25, -0.2) is 4.39 Å². The van der Waals surface area contributed by atoms with Gasteiger partial charge in [-0.05, 0) is 43.2 Å². The summed E-state index contributed by atoms with van der Waals surface area (Å²) in [6.45, 7) is 1.53. The Morgan fingerprint density at radius 3 is 2.64 bits per heavy atom. The van der Waals surface area contributed by atoms with Crippen molar-refractivity contribution in [2.24, 2.45) is 0 Å². The maximum absolute atomic E-state index is 13.2. The number of hydrogen-bond acceptors (Lipinski definition) is 3. The molecule has 3 aromatic rings. The highest BCUT2D eigenvalue weighted by molar-refractivity contribution is 5.92. The van der Waals surface area contributed by atoms with Gasteiger partial charge in [-0.15, -0.1) is 0 Å². The molecule has 0 saturated carbocycles. The summed E-state index contributed by atoms with van der Waals surface area (Å²) in [6, 6.07) is 8.78. The van der Waals surface area contributed by atoms with Gasteiger partial charge < -0.3 is 4.74 Å². The molecule has 0 amide bonds. The SMILES string of the molecule is Fc1ccc(-c2nn(C3CCOCC3)c3ccncc23)cc1. The molecule has 4 rings (SSSR count). The molecule has 1 fully saturated rings. The van der Waals surface area contributed by atoms with Crippen molar-refractivity contribution in [1.82, 2.24) is 14.8 Å². The monoisotopic (exact) mass is 297 g/mol. The van der Waals surface area contributed by atoms with Crippen LogP contribution >= 0.6 is 0 Å². The average molecular weight is 297 g/mol. The summed E-state index contributed by atoms with van der Waals surface area (Å²) in [5, 5.41) is 5.81. The van der Waals surface area contributed by atoms with Crippen molar-refractivity contribution < 1.29 is 9.13 Å². The Morgan fingerprint density at radius 1 is 1.09 bits per heavy atom. The van der Waals surface area contributed by atoms with Gasteiger partial charge >= 0.3 is 0 Å². The molecule has 1 aliphatic heterocycles. The van der Waals surface area contributed by atoms with E-state index in [0.29, 0.717) is 6.04 Å². The molecule has 1 aromatic carbocycles. The van der Waals surface area contributed by atoms with E-state index in [4.69, 9.17) is 9.84 Å². The van der Waals surface area contributed by atoms with E-state index in [0.717, 1.165) is 48.2 Å². The molecule has 0 aliphatic carbocycles. The first-order valence-electron chi connectivity index (χ1n) is 7.49. The number of aromatic nitrogens is 3. The number of halogens is 1. The van der Waals surface area contributed by atoms with E-state index in [1.165, 1.54) is 12.1 Å². The van der Waals surface area contributed by atoms with Crippen LogP contribution in [0.4, 0.5) is 4.39 Å². The zero-order valence-electron chi connectivity index (χ0n) is 12.1. The van der Waals surface area contributed by atoms with Crippen LogP contribution in [0.3, 0.4) is 0 Å². The van der Waals surface area contributed by atoms with Crippen LogP contribution < -0.4 is 0 Å². The van der Waals surface area contributed by atoms with E-state index < -0.39 is 0 Å². The van der Waals surface area contributed by atoms with Gasteiger partial charge in [0.05, 0.1) is 11.6 Å². The predicted octanol–water partition coefficient (Wildman–Crippen LogP) is 3.59. The van der Waals surface area contributed by atoms with Crippen LogP contribution in [0, 0.1) is 5.82 Å². The molecular weight excluding hydrogens is 281 g/mol. The van der Waals surface area contributed by atoms with Gasteiger partial charge in [-0.1, -0.05) is 0 Å². The van der Waals surface area contributed by atoms with Gasteiger partial charge in [0.1, 0.15) is 11.5 Å². The molecule has 0 atom stereocenters. The van der Waals surface area contributed by atoms with Gasteiger partial charge in [0.2, 0.25) is 0 Å². The molecule has 0 spiro atoms. The molecule has 1 aliphatic rings. The van der Waals surface area contributed by atoms with E-state index in [1.54, 1.807) is 18.3 Å². The van der Waals surface area contributed by atoms with Gasteiger partial charge in [-0.2, -0.15) is 5.10 Å². The van der Waals surface area contributed by atoms with Crippen molar-refractivity contribution in [3.05, 3.63) is 48.5 Å². The number of benzene rings is 1. The molecule has 5 heteroatoms. The molecule has 22 heavy (non-hydrogen) atoms. The summed E-state index contributed by atoms with van der Waals surface area (Å²) in [7, 11) is 0. The quantitative estimate of drug-likeness (QED) is 0.725. The Labute approximate surface area is 127 Å².